The Morgan fingerprint density at radius 1 is 1.12 bits per heavy atom. The van der Waals surface area contributed by atoms with Crippen molar-refractivity contribution in [1.82, 2.24) is 4.90 Å². The molecule has 24 heavy (non-hydrogen) atoms. The molecule has 2 atom stereocenters. The molecule has 130 valence electrons. The predicted octanol–water partition coefficient (Wildman–Crippen LogP) is 3.77. The molecular weight excluding hydrogens is 312 g/mol. The van der Waals surface area contributed by atoms with Gasteiger partial charge in [-0.25, -0.2) is 8.78 Å². The lowest BCUT2D eigenvalue weighted by atomic mass is 9.75. The van der Waals surface area contributed by atoms with Gasteiger partial charge < -0.3 is 4.90 Å². The average Bonchev–Trinajstić information content (AvgIpc) is 3.45. The van der Waals surface area contributed by atoms with Gasteiger partial charge in [0.2, 0.25) is 5.91 Å². The number of rotatable bonds is 5. The predicted molar refractivity (Wildman–Crippen MR) is 84.4 cm³/mol. The van der Waals surface area contributed by atoms with Crippen molar-refractivity contribution in [3.05, 3.63) is 0 Å². The summed E-state index contributed by atoms with van der Waals surface area (Å²) in [4.78, 5) is 14.2. The highest BCUT2D eigenvalue weighted by molar-refractivity contribution is 5.77. The SMILES string of the molecule is C#CCCC1(CCC(=O)N2CCC34CCCCC3(C2)C4(F)F)N=N1. The first-order valence-electron chi connectivity index (χ1n) is 8.95. The topological polar surface area (TPSA) is 45.0 Å². The summed E-state index contributed by atoms with van der Waals surface area (Å²) in [6.07, 6.45) is 10.7. The van der Waals surface area contributed by atoms with Crippen LogP contribution in [0.2, 0.25) is 0 Å². The fourth-order valence-corrected chi connectivity index (χ4v) is 5.32. The van der Waals surface area contributed by atoms with E-state index >= 15 is 0 Å². The van der Waals surface area contributed by atoms with Crippen molar-refractivity contribution in [2.45, 2.75) is 69.4 Å². The summed E-state index contributed by atoms with van der Waals surface area (Å²) in [7, 11) is 0. The molecule has 2 unspecified atom stereocenters. The summed E-state index contributed by atoms with van der Waals surface area (Å²) in [5.41, 5.74) is -2.24. The highest BCUT2D eigenvalue weighted by Crippen LogP contribution is 2.83. The molecule has 2 aliphatic carbocycles. The monoisotopic (exact) mass is 335 g/mol. The van der Waals surface area contributed by atoms with Gasteiger partial charge in [-0.2, -0.15) is 10.2 Å². The van der Waals surface area contributed by atoms with E-state index in [1.165, 1.54) is 0 Å². The van der Waals surface area contributed by atoms with E-state index in [1.807, 2.05) is 0 Å². The molecule has 6 heteroatoms. The molecule has 0 aromatic rings. The lowest BCUT2D eigenvalue weighted by Gasteiger charge is -2.38. The molecular formula is C18H23F2N3O. The van der Waals surface area contributed by atoms with Gasteiger partial charge in [-0.15, -0.1) is 12.3 Å². The Kier molecular flexibility index (Phi) is 3.33. The number of hydrogen-bond acceptors (Lipinski definition) is 3. The molecule has 0 aromatic heterocycles. The summed E-state index contributed by atoms with van der Waals surface area (Å²) in [6, 6.07) is 0. The van der Waals surface area contributed by atoms with Crippen LogP contribution in [0, 0.1) is 23.2 Å². The maximum absolute atomic E-state index is 14.6. The molecule has 0 N–H and O–H groups in total. The molecule has 4 aliphatic rings. The molecule has 0 radical (unpaired) electrons. The second-order valence-corrected chi connectivity index (χ2v) is 7.90. The van der Waals surface area contributed by atoms with Gasteiger partial charge in [0, 0.05) is 44.2 Å². The van der Waals surface area contributed by atoms with E-state index < -0.39 is 22.4 Å². The maximum atomic E-state index is 14.6. The van der Waals surface area contributed by atoms with Crippen LogP contribution in [0.4, 0.5) is 8.78 Å². The van der Waals surface area contributed by atoms with Crippen LogP contribution in [0.25, 0.3) is 0 Å². The van der Waals surface area contributed by atoms with Crippen LogP contribution in [0.5, 0.6) is 0 Å². The third-order valence-electron chi connectivity index (χ3n) is 6.93. The van der Waals surface area contributed by atoms with Gasteiger partial charge in [0.1, 0.15) is 0 Å². The summed E-state index contributed by atoms with van der Waals surface area (Å²) in [6.45, 7) is 0.687. The maximum Gasteiger partial charge on any atom is 0.262 e. The third kappa shape index (κ3) is 1.93. The molecule has 0 aromatic carbocycles. The first-order valence-corrected chi connectivity index (χ1v) is 8.95. The third-order valence-corrected chi connectivity index (χ3v) is 6.93. The highest BCUT2D eigenvalue weighted by Gasteiger charge is 2.91. The van der Waals surface area contributed by atoms with E-state index in [0.29, 0.717) is 51.5 Å². The average molecular weight is 335 g/mol. The van der Waals surface area contributed by atoms with Crippen LogP contribution >= 0.6 is 0 Å². The van der Waals surface area contributed by atoms with Crippen molar-refractivity contribution in [2.75, 3.05) is 13.1 Å². The zero-order valence-corrected chi connectivity index (χ0v) is 13.9. The Labute approximate surface area is 141 Å². The Morgan fingerprint density at radius 2 is 1.83 bits per heavy atom. The number of carbonyl (C=O) groups is 1. The van der Waals surface area contributed by atoms with Crippen molar-refractivity contribution >= 4 is 5.91 Å². The Hall–Kier alpha value is -1.51. The number of terminal acetylenes is 1. The van der Waals surface area contributed by atoms with Crippen LogP contribution in [0.15, 0.2) is 10.2 Å². The smallest absolute Gasteiger partial charge is 0.262 e. The molecule has 2 heterocycles. The first-order chi connectivity index (χ1) is 11.4. The van der Waals surface area contributed by atoms with E-state index in [-0.39, 0.29) is 12.5 Å². The molecule has 0 bridgehead atoms. The fourth-order valence-electron chi connectivity index (χ4n) is 5.32. The van der Waals surface area contributed by atoms with Gasteiger partial charge in [-0.05, 0) is 19.3 Å². The van der Waals surface area contributed by atoms with Crippen molar-refractivity contribution in [3.63, 3.8) is 0 Å². The number of alkyl halides is 2. The highest BCUT2D eigenvalue weighted by atomic mass is 19.3. The van der Waals surface area contributed by atoms with Gasteiger partial charge in [0.05, 0.1) is 5.41 Å². The minimum atomic E-state index is -2.60. The molecule has 1 saturated heterocycles. The Balaban J connectivity index is 1.37. The normalized spacial score (nSPS) is 37.1. The number of piperidine rings is 1. The Morgan fingerprint density at radius 3 is 2.50 bits per heavy atom. The van der Waals surface area contributed by atoms with Crippen LogP contribution in [0.1, 0.15) is 57.8 Å². The number of nitrogens with zero attached hydrogens (tertiary/aromatic N) is 3. The summed E-state index contributed by atoms with van der Waals surface area (Å²) >= 11 is 0. The molecule has 3 fully saturated rings. The van der Waals surface area contributed by atoms with Gasteiger partial charge in [0.25, 0.3) is 5.92 Å². The van der Waals surface area contributed by atoms with E-state index in [4.69, 9.17) is 6.42 Å². The zero-order chi connectivity index (χ0) is 17.1. The number of halogens is 2. The number of likely N-dealkylation sites (tertiary alicyclic amines) is 1. The molecule has 2 aliphatic heterocycles. The summed E-state index contributed by atoms with van der Waals surface area (Å²) < 4.78 is 29.3. The van der Waals surface area contributed by atoms with Gasteiger partial charge >= 0.3 is 0 Å². The lowest BCUT2D eigenvalue weighted by molar-refractivity contribution is -0.134. The first kappa shape index (κ1) is 16.0. The molecule has 1 amide bonds. The van der Waals surface area contributed by atoms with Crippen LogP contribution < -0.4 is 0 Å². The summed E-state index contributed by atoms with van der Waals surface area (Å²) in [5, 5.41) is 8.07. The minimum Gasteiger partial charge on any atom is -0.342 e. The van der Waals surface area contributed by atoms with E-state index in [0.717, 1.165) is 12.8 Å². The summed E-state index contributed by atoms with van der Waals surface area (Å²) in [5.74, 6) is -0.0688. The van der Waals surface area contributed by atoms with E-state index in [1.54, 1.807) is 4.90 Å². The number of hydrogen-bond donors (Lipinski definition) is 0. The zero-order valence-electron chi connectivity index (χ0n) is 13.9. The lowest BCUT2D eigenvalue weighted by Crippen LogP contribution is -2.45. The van der Waals surface area contributed by atoms with Crippen molar-refractivity contribution in [3.8, 4) is 12.3 Å². The Bertz CT molecular complexity index is 635. The number of carbonyl (C=O) groups excluding carboxylic acids is 1. The molecule has 4 nitrogen and oxygen atoms in total. The van der Waals surface area contributed by atoms with Gasteiger partial charge in [0.15, 0.2) is 5.66 Å². The van der Waals surface area contributed by atoms with Crippen molar-refractivity contribution in [1.29, 1.82) is 0 Å². The van der Waals surface area contributed by atoms with Crippen LogP contribution in [-0.4, -0.2) is 35.5 Å². The standard InChI is InChI=1S/C18H23F2N3O/c1-2-3-9-17(21-22-17)10-6-14(24)23-12-11-15-7-4-5-8-16(15,13-23)18(15,19)20/h1H,3-13H2. The van der Waals surface area contributed by atoms with Crippen molar-refractivity contribution < 1.29 is 13.6 Å². The second kappa shape index (κ2) is 5.00. The quantitative estimate of drug-likeness (QED) is 0.705. The van der Waals surface area contributed by atoms with E-state index in [9.17, 15) is 13.6 Å². The van der Waals surface area contributed by atoms with Crippen LogP contribution in [-0.2, 0) is 4.79 Å². The van der Waals surface area contributed by atoms with E-state index in [2.05, 4.69) is 16.1 Å². The van der Waals surface area contributed by atoms with Crippen molar-refractivity contribution in [2.24, 2.45) is 21.1 Å². The molecule has 4 rings (SSSR count). The van der Waals surface area contributed by atoms with Gasteiger partial charge in [-0.3, -0.25) is 4.79 Å². The second-order valence-electron chi connectivity index (χ2n) is 7.90. The minimum absolute atomic E-state index is 0.0383. The molecule has 2 saturated carbocycles. The molecule has 0 spiro atoms. The fraction of sp³-hybridized carbons (Fsp3) is 0.833. The largest absolute Gasteiger partial charge is 0.342 e. The van der Waals surface area contributed by atoms with Gasteiger partial charge in [-0.1, -0.05) is 12.8 Å². The van der Waals surface area contributed by atoms with Crippen LogP contribution in [0.3, 0.4) is 0 Å². The number of amides is 1.